The highest BCUT2D eigenvalue weighted by atomic mass is 16.3. The van der Waals surface area contributed by atoms with E-state index in [9.17, 15) is 5.11 Å². The van der Waals surface area contributed by atoms with E-state index in [1.807, 2.05) is 18.2 Å². The van der Waals surface area contributed by atoms with Crippen molar-refractivity contribution < 1.29 is 5.11 Å². The van der Waals surface area contributed by atoms with E-state index in [0.717, 1.165) is 18.7 Å². The van der Waals surface area contributed by atoms with Gasteiger partial charge in [0.15, 0.2) is 0 Å². The van der Waals surface area contributed by atoms with Crippen LogP contribution in [0, 0.1) is 5.41 Å². The van der Waals surface area contributed by atoms with Crippen LogP contribution in [0.2, 0.25) is 0 Å². The molecule has 1 aromatic carbocycles. The van der Waals surface area contributed by atoms with Gasteiger partial charge in [-0.3, -0.25) is 0 Å². The predicted octanol–water partition coefficient (Wildman–Crippen LogP) is 2.81. The molecule has 2 heteroatoms. The summed E-state index contributed by atoms with van der Waals surface area (Å²) in [6.45, 7) is 6.96. The van der Waals surface area contributed by atoms with Crippen molar-refractivity contribution in [1.82, 2.24) is 0 Å². The lowest BCUT2D eigenvalue weighted by Gasteiger charge is -2.51. The maximum absolute atomic E-state index is 9.30. The lowest BCUT2D eigenvalue weighted by Crippen LogP contribution is -2.56. The molecule has 0 saturated carbocycles. The zero-order valence-electron chi connectivity index (χ0n) is 10.2. The molecule has 88 valence electrons. The topological polar surface area (TPSA) is 23.5 Å². The number of hydrogen-bond donors (Lipinski definition) is 1. The number of aliphatic hydroxyl groups is 1. The minimum absolute atomic E-state index is 0.137. The standard InChI is InChI=1S/C14H21NO/c1-3-14(4-2)10-15(11-14)13-8-6-5-7-12(13)9-16/h5-8,16H,3-4,9-11H2,1-2H3. The first-order valence-electron chi connectivity index (χ1n) is 6.18. The largest absolute Gasteiger partial charge is 0.392 e. The van der Waals surface area contributed by atoms with Crippen LogP contribution in [0.4, 0.5) is 5.69 Å². The summed E-state index contributed by atoms with van der Waals surface area (Å²) in [7, 11) is 0. The highest BCUT2D eigenvalue weighted by Gasteiger charge is 2.40. The molecule has 1 aliphatic heterocycles. The van der Waals surface area contributed by atoms with Gasteiger partial charge in [0, 0.05) is 29.8 Å². The van der Waals surface area contributed by atoms with Crippen LogP contribution in [0.15, 0.2) is 24.3 Å². The Balaban J connectivity index is 2.11. The molecule has 2 nitrogen and oxygen atoms in total. The van der Waals surface area contributed by atoms with Crippen molar-refractivity contribution in [3.8, 4) is 0 Å². The van der Waals surface area contributed by atoms with Crippen LogP contribution >= 0.6 is 0 Å². The van der Waals surface area contributed by atoms with Gasteiger partial charge in [0.25, 0.3) is 0 Å². The zero-order valence-corrected chi connectivity index (χ0v) is 10.2. The molecule has 1 saturated heterocycles. The molecule has 2 rings (SSSR count). The number of para-hydroxylation sites is 1. The molecule has 1 heterocycles. The van der Waals surface area contributed by atoms with Gasteiger partial charge in [-0.2, -0.15) is 0 Å². The Morgan fingerprint density at radius 2 is 1.81 bits per heavy atom. The molecule has 1 fully saturated rings. The molecule has 0 amide bonds. The van der Waals surface area contributed by atoms with Crippen LogP contribution in [-0.4, -0.2) is 18.2 Å². The van der Waals surface area contributed by atoms with E-state index < -0.39 is 0 Å². The summed E-state index contributed by atoms with van der Waals surface area (Å²) in [6, 6.07) is 8.15. The third-order valence-electron chi connectivity index (χ3n) is 4.06. The van der Waals surface area contributed by atoms with Gasteiger partial charge in [0.05, 0.1) is 6.61 Å². The van der Waals surface area contributed by atoms with Gasteiger partial charge in [-0.15, -0.1) is 0 Å². The Hall–Kier alpha value is -1.02. The second-order valence-electron chi connectivity index (χ2n) is 4.85. The third-order valence-corrected chi connectivity index (χ3v) is 4.06. The average molecular weight is 219 g/mol. The molecule has 0 atom stereocenters. The normalized spacial score (nSPS) is 18.3. The second kappa shape index (κ2) is 4.46. The Morgan fingerprint density at radius 3 is 2.38 bits per heavy atom. The van der Waals surface area contributed by atoms with Crippen LogP contribution in [0.5, 0.6) is 0 Å². The van der Waals surface area contributed by atoms with Gasteiger partial charge in [0.1, 0.15) is 0 Å². The lowest BCUT2D eigenvalue weighted by atomic mass is 9.75. The van der Waals surface area contributed by atoms with E-state index in [2.05, 4.69) is 24.8 Å². The molecule has 0 unspecified atom stereocenters. The average Bonchev–Trinajstić information content (AvgIpc) is 2.29. The monoisotopic (exact) mass is 219 g/mol. The van der Waals surface area contributed by atoms with Crippen LogP contribution < -0.4 is 4.90 Å². The fourth-order valence-electron chi connectivity index (χ4n) is 2.58. The first kappa shape index (κ1) is 11.5. The first-order chi connectivity index (χ1) is 7.74. The molecule has 1 N–H and O–H groups in total. The summed E-state index contributed by atoms with van der Waals surface area (Å²) >= 11 is 0. The van der Waals surface area contributed by atoms with Gasteiger partial charge >= 0.3 is 0 Å². The molecule has 0 radical (unpaired) electrons. The first-order valence-corrected chi connectivity index (χ1v) is 6.18. The summed E-state index contributed by atoms with van der Waals surface area (Å²) in [5, 5.41) is 9.30. The Morgan fingerprint density at radius 1 is 1.19 bits per heavy atom. The summed E-state index contributed by atoms with van der Waals surface area (Å²) in [5.41, 5.74) is 2.77. The lowest BCUT2D eigenvalue weighted by molar-refractivity contribution is 0.193. The van der Waals surface area contributed by atoms with Crippen molar-refractivity contribution in [3.63, 3.8) is 0 Å². The van der Waals surface area contributed by atoms with Gasteiger partial charge in [0.2, 0.25) is 0 Å². The number of aliphatic hydroxyl groups excluding tert-OH is 1. The van der Waals surface area contributed by atoms with Crippen molar-refractivity contribution in [2.24, 2.45) is 5.41 Å². The maximum atomic E-state index is 9.30. The Kier molecular flexibility index (Phi) is 3.20. The van der Waals surface area contributed by atoms with Gasteiger partial charge in [-0.1, -0.05) is 32.0 Å². The molecular weight excluding hydrogens is 198 g/mol. The molecule has 1 aromatic rings. The summed E-state index contributed by atoms with van der Waals surface area (Å²) in [5.74, 6) is 0. The fourth-order valence-corrected chi connectivity index (χ4v) is 2.58. The molecule has 0 bridgehead atoms. The number of anilines is 1. The third kappa shape index (κ3) is 1.82. The molecule has 0 aliphatic carbocycles. The minimum Gasteiger partial charge on any atom is -0.392 e. The van der Waals surface area contributed by atoms with Crippen molar-refractivity contribution in [1.29, 1.82) is 0 Å². The van der Waals surface area contributed by atoms with Crippen LogP contribution in [0.3, 0.4) is 0 Å². The van der Waals surface area contributed by atoms with Crippen LogP contribution in [0.1, 0.15) is 32.3 Å². The molecule has 0 aromatic heterocycles. The molecule has 0 spiro atoms. The zero-order chi connectivity index (χ0) is 11.6. The van der Waals surface area contributed by atoms with Crippen molar-refractivity contribution in [2.75, 3.05) is 18.0 Å². The Bertz CT molecular complexity index is 350. The van der Waals surface area contributed by atoms with Crippen molar-refractivity contribution in [2.45, 2.75) is 33.3 Å². The van der Waals surface area contributed by atoms with Gasteiger partial charge in [-0.05, 0) is 18.9 Å². The van der Waals surface area contributed by atoms with Gasteiger partial charge in [-0.25, -0.2) is 0 Å². The number of benzene rings is 1. The minimum atomic E-state index is 0.137. The maximum Gasteiger partial charge on any atom is 0.0702 e. The van der Waals surface area contributed by atoms with Crippen LogP contribution in [0.25, 0.3) is 0 Å². The smallest absolute Gasteiger partial charge is 0.0702 e. The van der Waals surface area contributed by atoms with E-state index in [0.29, 0.717) is 5.41 Å². The van der Waals surface area contributed by atoms with E-state index in [4.69, 9.17) is 0 Å². The quantitative estimate of drug-likeness (QED) is 0.841. The van der Waals surface area contributed by atoms with Crippen molar-refractivity contribution >= 4 is 5.69 Å². The summed E-state index contributed by atoms with van der Waals surface area (Å²) in [4.78, 5) is 2.39. The van der Waals surface area contributed by atoms with E-state index >= 15 is 0 Å². The van der Waals surface area contributed by atoms with E-state index in [1.165, 1.54) is 18.5 Å². The van der Waals surface area contributed by atoms with Crippen molar-refractivity contribution in [3.05, 3.63) is 29.8 Å². The molecule has 16 heavy (non-hydrogen) atoms. The van der Waals surface area contributed by atoms with E-state index in [1.54, 1.807) is 0 Å². The SMILES string of the molecule is CCC1(CC)CN(c2ccccc2CO)C1. The highest BCUT2D eigenvalue weighted by molar-refractivity contribution is 5.56. The summed E-state index contributed by atoms with van der Waals surface area (Å²) < 4.78 is 0. The van der Waals surface area contributed by atoms with Gasteiger partial charge < -0.3 is 10.0 Å². The van der Waals surface area contributed by atoms with Crippen LogP contribution in [-0.2, 0) is 6.61 Å². The van der Waals surface area contributed by atoms with E-state index in [-0.39, 0.29) is 6.61 Å². The highest BCUT2D eigenvalue weighted by Crippen LogP contribution is 2.40. The predicted molar refractivity (Wildman–Crippen MR) is 67.6 cm³/mol. The molecule has 1 aliphatic rings. The Labute approximate surface area is 97.9 Å². The summed E-state index contributed by atoms with van der Waals surface area (Å²) in [6.07, 6.45) is 2.50. The second-order valence-corrected chi connectivity index (χ2v) is 4.85. The fraction of sp³-hybridized carbons (Fsp3) is 0.571. The number of nitrogens with zero attached hydrogens (tertiary/aromatic N) is 1. The molecular formula is C14H21NO. The number of rotatable bonds is 4. The number of hydrogen-bond acceptors (Lipinski definition) is 2.